The maximum Gasteiger partial charge on any atom is 0.416 e. The third kappa shape index (κ3) is 6.43. The number of nitrogens with two attached hydrogens (primary N) is 2. The number of carbonyl (C=O) groups is 3. The van der Waals surface area contributed by atoms with Crippen LogP contribution >= 0.6 is 0 Å². The molecule has 1 aliphatic rings. The second-order valence-corrected chi connectivity index (χ2v) is 7.49. The van der Waals surface area contributed by atoms with Crippen LogP contribution in [0.4, 0.5) is 13.2 Å². The molecule has 0 unspecified atom stereocenters. The third-order valence-corrected chi connectivity index (χ3v) is 5.32. The maximum absolute atomic E-state index is 13.7. The number of likely N-dealkylation sites (tertiary alicyclic amines) is 1. The van der Waals surface area contributed by atoms with Gasteiger partial charge in [0.15, 0.2) is 5.96 Å². The Morgan fingerprint density at radius 1 is 1.19 bits per heavy atom. The standard InChI is InChI=1S/C20H26F3N5O3/c1-12(29)27(2)8-7-17(30)28-9-5-13(6-10-28)15-4-3-14(18(31)26-19(24)25)11-16(15)20(21,22)23/h3-4,11,13H,5-10H2,1-2H3,(H4,24,25,26,31). The number of rotatable bonds is 5. The molecule has 1 heterocycles. The van der Waals surface area contributed by atoms with E-state index in [1.807, 2.05) is 0 Å². The fraction of sp³-hybridized carbons (Fsp3) is 0.500. The van der Waals surface area contributed by atoms with Crippen molar-refractivity contribution in [1.29, 1.82) is 0 Å². The van der Waals surface area contributed by atoms with Gasteiger partial charge in [0.25, 0.3) is 5.91 Å². The van der Waals surface area contributed by atoms with E-state index in [9.17, 15) is 27.6 Å². The predicted molar refractivity (Wildman–Crippen MR) is 108 cm³/mol. The highest BCUT2D eigenvalue weighted by atomic mass is 19.4. The van der Waals surface area contributed by atoms with Crippen LogP contribution in [0.15, 0.2) is 23.2 Å². The Hall–Kier alpha value is -3.11. The van der Waals surface area contributed by atoms with Gasteiger partial charge in [-0.2, -0.15) is 18.2 Å². The number of piperidine rings is 1. The van der Waals surface area contributed by atoms with Gasteiger partial charge < -0.3 is 21.3 Å². The van der Waals surface area contributed by atoms with E-state index in [1.54, 1.807) is 11.9 Å². The van der Waals surface area contributed by atoms with Crippen molar-refractivity contribution in [2.45, 2.75) is 38.3 Å². The molecule has 170 valence electrons. The van der Waals surface area contributed by atoms with E-state index >= 15 is 0 Å². The van der Waals surface area contributed by atoms with E-state index in [-0.39, 0.29) is 35.9 Å². The smallest absolute Gasteiger partial charge is 0.370 e. The molecule has 1 saturated heterocycles. The van der Waals surface area contributed by atoms with E-state index in [0.717, 1.165) is 6.07 Å². The van der Waals surface area contributed by atoms with Crippen LogP contribution in [0.25, 0.3) is 0 Å². The number of guanidine groups is 1. The summed E-state index contributed by atoms with van der Waals surface area (Å²) < 4.78 is 41.0. The quantitative estimate of drug-likeness (QED) is 0.532. The summed E-state index contributed by atoms with van der Waals surface area (Å²) in [7, 11) is 1.60. The molecule has 8 nitrogen and oxygen atoms in total. The van der Waals surface area contributed by atoms with Gasteiger partial charge >= 0.3 is 6.18 Å². The Bertz CT molecular complexity index is 873. The molecular formula is C20H26F3N5O3. The summed E-state index contributed by atoms with van der Waals surface area (Å²) in [6, 6.07) is 3.32. The van der Waals surface area contributed by atoms with Crippen molar-refractivity contribution >= 4 is 23.7 Å². The van der Waals surface area contributed by atoms with Crippen molar-refractivity contribution in [1.82, 2.24) is 9.80 Å². The summed E-state index contributed by atoms with van der Waals surface area (Å²) in [5, 5.41) is 0. The van der Waals surface area contributed by atoms with Crippen LogP contribution in [0.2, 0.25) is 0 Å². The van der Waals surface area contributed by atoms with E-state index < -0.39 is 29.5 Å². The zero-order chi connectivity index (χ0) is 23.3. The Balaban J connectivity index is 2.12. The highest BCUT2D eigenvalue weighted by Gasteiger charge is 2.37. The molecule has 31 heavy (non-hydrogen) atoms. The molecule has 1 fully saturated rings. The first-order chi connectivity index (χ1) is 14.4. The molecule has 4 N–H and O–H groups in total. The second kappa shape index (κ2) is 9.80. The van der Waals surface area contributed by atoms with Crippen molar-refractivity contribution < 1.29 is 27.6 Å². The van der Waals surface area contributed by atoms with Crippen LogP contribution in [-0.2, 0) is 15.8 Å². The molecule has 1 aromatic carbocycles. The first kappa shape index (κ1) is 24.2. The molecule has 0 spiro atoms. The van der Waals surface area contributed by atoms with E-state index in [0.29, 0.717) is 25.9 Å². The zero-order valence-electron chi connectivity index (χ0n) is 17.4. The molecule has 0 bridgehead atoms. The first-order valence-corrected chi connectivity index (χ1v) is 9.74. The van der Waals surface area contributed by atoms with Crippen LogP contribution in [0.3, 0.4) is 0 Å². The van der Waals surface area contributed by atoms with Crippen molar-refractivity contribution in [3.05, 3.63) is 34.9 Å². The topological polar surface area (TPSA) is 122 Å². The minimum atomic E-state index is -4.66. The van der Waals surface area contributed by atoms with Crippen LogP contribution in [-0.4, -0.2) is 60.2 Å². The fourth-order valence-corrected chi connectivity index (χ4v) is 3.49. The minimum Gasteiger partial charge on any atom is -0.370 e. The summed E-state index contributed by atoms with van der Waals surface area (Å²) in [6.07, 6.45) is -3.78. The number of hydrogen-bond donors (Lipinski definition) is 2. The molecule has 0 atom stereocenters. The predicted octanol–water partition coefficient (Wildman–Crippen LogP) is 1.69. The van der Waals surface area contributed by atoms with Gasteiger partial charge in [0, 0.05) is 45.6 Å². The van der Waals surface area contributed by atoms with Gasteiger partial charge in [0.2, 0.25) is 11.8 Å². The van der Waals surface area contributed by atoms with Gasteiger partial charge in [-0.15, -0.1) is 0 Å². The molecule has 0 radical (unpaired) electrons. The molecule has 3 amide bonds. The molecule has 0 aromatic heterocycles. The Morgan fingerprint density at radius 3 is 2.32 bits per heavy atom. The highest BCUT2D eigenvalue weighted by molar-refractivity contribution is 6.02. The van der Waals surface area contributed by atoms with Crippen LogP contribution in [0, 0.1) is 0 Å². The van der Waals surface area contributed by atoms with E-state index in [2.05, 4.69) is 4.99 Å². The van der Waals surface area contributed by atoms with Gasteiger partial charge in [0.05, 0.1) is 5.56 Å². The van der Waals surface area contributed by atoms with E-state index in [4.69, 9.17) is 11.5 Å². The lowest BCUT2D eigenvalue weighted by molar-refractivity contribution is -0.139. The van der Waals surface area contributed by atoms with Gasteiger partial charge in [-0.05, 0) is 36.5 Å². The van der Waals surface area contributed by atoms with Crippen LogP contribution < -0.4 is 11.5 Å². The number of halogens is 3. The number of alkyl halides is 3. The number of aliphatic imine (C=N–C) groups is 1. The summed E-state index contributed by atoms with van der Waals surface area (Å²) in [6.45, 7) is 2.33. The lowest BCUT2D eigenvalue weighted by Gasteiger charge is -2.33. The number of nitrogens with zero attached hydrogens (tertiary/aromatic N) is 3. The molecule has 1 aromatic rings. The third-order valence-electron chi connectivity index (χ3n) is 5.32. The summed E-state index contributed by atoms with van der Waals surface area (Å²) in [4.78, 5) is 41.8. The fourth-order valence-electron chi connectivity index (χ4n) is 3.49. The molecule has 1 aliphatic heterocycles. The minimum absolute atomic E-state index is 0.0807. The lowest BCUT2D eigenvalue weighted by atomic mass is 9.85. The van der Waals surface area contributed by atoms with Crippen molar-refractivity contribution in [2.24, 2.45) is 16.5 Å². The largest absolute Gasteiger partial charge is 0.416 e. The van der Waals surface area contributed by atoms with Gasteiger partial charge in [-0.3, -0.25) is 14.4 Å². The lowest BCUT2D eigenvalue weighted by Crippen LogP contribution is -2.40. The Kier molecular flexibility index (Phi) is 7.64. The number of amides is 3. The highest BCUT2D eigenvalue weighted by Crippen LogP contribution is 2.39. The first-order valence-electron chi connectivity index (χ1n) is 9.74. The van der Waals surface area contributed by atoms with Crippen molar-refractivity contribution in [2.75, 3.05) is 26.7 Å². The SMILES string of the molecule is CC(=O)N(C)CCC(=O)N1CCC(c2ccc(C(=O)N=C(N)N)cc2C(F)(F)F)CC1. The van der Waals surface area contributed by atoms with Crippen LogP contribution in [0.5, 0.6) is 0 Å². The molecular weight excluding hydrogens is 415 g/mol. The Labute approximate surface area is 178 Å². The number of benzene rings is 1. The average molecular weight is 441 g/mol. The van der Waals surface area contributed by atoms with Crippen molar-refractivity contribution in [3.8, 4) is 0 Å². The van der Waals surface area contributed by atoms with Crippen LogP contribution in [0.1, 0.15) is 53.6 Å². The summed E-state index contributed by atoms with van der Waals surface area (Å²) in [5.41, 5.74) is 9.17. The Morgan fingerprint density at radius 2 is 1.81 bits per heavy atom. The maximum atomic E-state index is 13.7. The second-order valence-electron chi connectivity index (χ2n) is 7.49. The number of carbonyl (C=O) groups excluding carboxylic acids is 3. The van der Waals surface area contributed by atoms with Gasteiger partial charge in [-0.25, -0.2) is 0 Å². The monoisotopic (exact) mass is 441 g/mol. The summed E-state index contributed by atoms with van der Waals surface area (Å²) >= 11 is 0. The number of hydrogen-bond acceptors (Lipinski definition) is 3. The van der Waals surface area contributed by atoms with Crippen molar-refractivity contribution in [3.63, 3.8) is 0 Å². The average Bonchev–Trinajstić information content (AvgIpc) is 2.70. The molecule has 0 aliphatic carbocycles. The van der Waals surface area contributed by atoms with Gasteiger partial charge in [0.1, 0.15) is 0 Å². The molecule has 0 saturated carbocycles. The molecule has 11 heteroatoms. The zero-order valence-corrected chi connectivity index (χ0v) is 17.4. The summed E-state index contributed by atoms with van der Waals surface area (Å²) in [5.74, 6) is -2.18. The van der Waals surface area contributed by atoms with Gasteiger partial charge in [-0.1, -0.05) is 6.07 Å². The molecule has 2 rings (SSSR count). The normalized spacial score (nSPS) is 14.8. The van der Waals surface area contributed by atoms with E-state index in [1.165, 1.54) is 24.0 Å².